The summed E-state index contributed by atoms with van der Waals surface area (Å²) in [6, 6.07) is 8.38. The highest BCUT2D eigenvalue weighted by Crippen LogP contribution is 2.44. The van der Waals surface area contributed by atoms with Crippen molar-refractivity contribution in [2.24, 2.45) is 0 Å². The van der Waals surface area contributed by atoms with Crippen LogP contribution in [-0.4, -0.2) is 42.0 Å². The van der Waals surface area contributed by atoms with Crippen LogP contribution in [0.1, 0.15) is 32.5 Å². The van der Waals surface area contributed by atoms with Crippen LogP contribution < -0.4 is 9.64 Å². The van der Waals surface area contributed by atoms with Crippen molar-refractivity contribution in [2.45, 2.75) is 13.0 Å². The summed E-state index contributed by atoms with van der Waals surface area (Å²) in [5, 5.41) is 11.4. The number of hydrogen-bond acceptors (Lipinski definition) is 8. The first kappa shape index (κ1) is 24.4. The first-order valence-electron chi connectivity index (χ1n) is 10.1. The van der Waals surface area contributed by atoms with Crippen molar-refractivity contribution in [3.63, 3.8) is 0 Å². The number of anilines is 1. The topological polar surface area (TPSA) is 106 Å². The minimum Gasteiger partial charge on any atom is -0.507 e. The number of aromatic nitrogens is 1. The zero-order chi connectivity index (χ0) is 25.4. The van der Waals surface area contributed by atoms with Gasteiger partial charge in [0.1, 0.15) is 22.2 Å². The minimum absolute atomic E-state index is 0.0474. The van der Waals surface area contributed by atoms with Crippen molar-refractivity contribution in [2.75, 3.05) is 19.1 Å². The van der Waals surface area contributed by atoms with Crippen LogP contribution in [0.25, 0.3) is 5.76 Å². The van der Waals surface area contributed by atoms with Crippen LogP contribution in [-0.2, 0) is 14.3 Å². The van der Waals surface area contributed by atoms with Crippen LogP contribution >= 0.6 is 22.9 Å². The van der Waals surface area contributed by atoms with Crippen molar-refractivity contribution in [1.82, 2.24) is 4.98 Å². The highest BCUT2D eigenvalue weighted by molar-refractivity contribution is 7.17. The average molecular weight is 517 g/mol. The van der Waals surface area contributed by atoms with Gasteiger partial charge in [-0.2, -0.15) is 0 Å². The number of ketones is 1. The zero-order valence-corrected chi connectivity index (χ0v) is 20.2. The molecule has 1 atom stereocenters. The van der Waals surface area contributed by atoms with Crippen molar-refractivity contribution in [3.05, 3.63) is 80.6 Å². The summed E-state index contributed by atoms with van der Waals surface area (Å²) in [6.07, 6.45) is 0. The maximum absolute atomic E-state index is 13.7. The molecule has 1 saturated heterocycles. The lowest BCUT2D eigenvalue weighted by Gasteiger charge is -2.23. The number of halogens is 2. The molecule has 0 aliphatic carbocycles. The molecule has 1 aliphatic rings. The number of aliphatic hydroxyl groups excluding tert-OH is 1. The van der Waals surface area contributed by atoms with Gasteiger partial charge in [-0.1, -0.05) is 35.1 Å². The van der Waals surface area contributed by atoms with Crippen LogP contribution in [0.5, 0.6) is 5.75 Å². The summed E-state index contributed by atoms with van der Waals surface area (Å²) in [5.74, 6) is -3.24. The van der Waals surface area contributed by atoms with E-state index in [9.17, 15) is 23.9 Å². The molecule has 0 spiro atoms. The van der Waals surface area contributed by atoms with Crippen LogP contribution in [0.2, 0.25) is 5.02 Å². The lowest BCUT2D eigenvalue weighted by molar-refractivity contribution is -0.132. The van der Waals surface area contributed by atoms with E-state index in [4.69, 9.17) is 21.1 Å². The molecule has 1 aliphatic heterocycles. The number of rotatable bonds is 5. The second kappa shape index (κ2) is 9.47. The quantitative estimate of drug-likeness (QED) is 0.227. The lowest BCUT2D eigenvalue weighted by Crippen LogP contribution is -2.29. The number of aryl methyl sites for hydroxylation is 1. The largest absolute Gasteiger partial charge is 0.507 e. The Morgan fingerprint density at radius 2 is 1.86 bits per heavy atom. The highest BCUT2D eigenvalue weighted by atomic mass is 35.5. The molecule has 4 rings (SSSR count). The van der Waals surface area contributed by atoms with Crippen molar-refractivity contribution in [1.29, 1.82) is 0 Å². The number of benzene rings is 2. The molecule has 1 N–H and O–H groups in total. The molecule has 3 aromatic rings. The van der Waals surface area contributed by atoms with E-state index < -0.39 is 35.3 Å². The number of methoxy groups -OCH3 is 2. The molecule has 0 unspecified atom stereocenters. The van der Waals surface area contributed by atoms with E-state index >= 15 is 0 Å². The number of carbonyl (C=O) groups is 3. The predicted molar refractivity (Wildman–Crippen MR) is 127 cm³/mol. The standard InChI is InChI=1S/C24H18ClFN2O6S/c1-11-21(23(32)34-3)35-24(27-11)28-18(12-4-7-14(26)8-5-12)17(20(30)22(28)31)19(29)13-6-9-16(33-2)15(25)10-13/h4-10,18,29H,1-3H3/b19-17+/t18-/m1/s1. The number of carbonyl (C=O) groups excluding carboxylic acids is 3. The fourth-order valence-corrected chi connectivity index (χ4v) is 5.00. The Labute approximate surface area is 208 Å². The van der Waals surface area contributed by atoms with Crippen LogP contribution in [0.4, 0.5) is 9.52 Å². The number of ether oxygens (including phenoxy) is 2. The molecule has 11 heteroatoms. The molecule has 1 fully saturated rings. The van der Waals surface area contributed by atoms with E-state index in [2.05, 4.69) is 4.98 Å². The molecule has 0 radical (unpaired) electrons. The molecule has 1 amide bonds. The van der Waals surface area contributed by atoms with Gasteiger partial charge >= 0.3 is 11.9 Å². The second-order valence-electron chi connectivity index (χ2n) is 7.47. The molecule has 2 heterocycles. The molecule has 2 aromatic carbocycles. The maximum atomic E-state index is 13.7. The van der Waals surface area contributed by atoms with E-state index in [0.717, 1.165) is 16.2 Å². The molecular formula is C24H18ClFN2O6S. The van der Waals surface area contributed by atoms with Gasteiger partial charge in [0.2, 0.25) is 0 Å². The van der Waals surface area contributed by atoms with E-state index in [-0.39, 0.29) is 26.2 Å². The number of hydrogen-bond donors (Lipinski definition) is 1. The summed E-state index contributed by atoms with van der Waals surface area (Å²) >= 11 is 7.05. The molecule has 35 heavy (non-hydrogen) atoms. The third-order valence-corrected chi connectivity index (χ3v) is 6.85. The molecular weight excluding hydrogens is 499 g/mol. The SMILES string of the molecule is COC(=O)c1sc(N2C(=O)C(=O)/C(=C(/O)c3ccc(OC)c(Cl)c3)[C@H]2c2ccc(F)cc2)nc1C. The summed E-state index contributed by atoms with van der Waals surface area (Å²) in [4.78, 5) is 44.0. The molecule has 1 aromatic heterocycles. The summed E-state index contributed by atoms with van der Waals surface area (Å²) in [5.41, 5.74) is 0.583. The fraction of sp³-hybridized carbons (Fsp3) is 0.167. The number of aliphatic hydroxyl groups is 1. The molecule has 0 bridgehead atoms. The summed E-state index contributed by atoms with van der Waals surface area (Å²) in [7, 11) is 2.64. The Balaban J connectivity index is 1.93. The Bertz CT molecular complexity index is 1390. The minimum atomic E-state index is -1.15. The maximum Gasteiger partial charge on any atom is 0.350 e. The van der Waals surface area contributed by atoms with E-state index in [1.54, 1.807) is 6.92 Å². The Morgan fingerprint density at radius 1 is 1.17 bits per heavy atom. The lowest BCUT2D eigenvalue weighted by atomic mass is 9.95. The van der Waals surface area contributed by atoms with Crippen molar-refractivity contribution < 1.29 is 33.4 Å². The van der Waals surface area contributed by atoms with Crippen molar-refractivity contribution in [3.8, 4) is 5.75 Å². The van der Waals surface area contributed by atoms with Gasteiger partial charge < -0.3 is 14.6 Å². The third-order valence-electron chi connectivity index (χ3n) is 5.42. The van der Waals surface area contributed by atoms with Crippen LogP contribution in [0.3, 0.4) is 0 Å². The number of amides is 1. The third kappa shape index (κ3) is 4.26. The smallest absolute Gasteiger partial charge is 0.350 e. The van der Waals surface area contributed by atoms with Gasteiger partial charge in [-0.15, -0.1) is 0 Å². The highest BCUT2D eigenvalue weighted by Gasteiger charge is 2.48. The Hall–Kier alpha value is -3.76. The van der Waals surface area contributed by atoms with Gasteiger partial charge in [0.25, 0.3) is 5.78 Å². The Kier molecular flexibility index (Phi) is 6.60. The molecule has 8 nitrogen and oxygen atoms in total. The zero-order valence-electron chi connectivity index (χ0n) is 18.7. The van der Waals surface area contributed by atoms with Gasteiger partial charge in [0.05, 0.1) is 36.6 Å². The van der Waals surface area contributed by atoms with E-state index in [1.165, 1.54) is 56.7 Å². The van der Waals surface area contributed by atoms with E-state index in [0.29, 0.717) is 17.0 Å². The monoisotopic (exact) mass is 516 g/mol. The summed E-state index contributed by atoms with van der Waals surface area (Å²) in [6.45, 7) is 1.56. The average Bonchev–Trinajstić information content (AvgIpc) is 3.35. The van der Waals surface area contributed by atoms with Crippen molar-refractivity contribution >= 4 is 51.5 Å². The van der Waals surface area contributed by atoms with Gasteiger partial charge in [-0.25, -0.2) is 14.2 Å². The van der Waals surface area contributed by atoms with Crippen LogP contribution in [0, 0.1) is 12.7 Å². The number of esters is 1. The van der Waals surface area contributed by atoms with E-state index in [1.807, 2.05) is 0 Å². The molecule has 180 valence electrons. The number of nitrogens with zero attached hydrogens (tertiary/aromatic N) is 2. The second-order valence-corrected chi connectivity index (χ2v) is 8.86. The number of Topliss-reactive ketones (excluding diaryl/α,β-unsaturated/α-hetero) is 1. The molecule has 0 saturated carbocycles. The fourth-order valence-electron chi connectivity index (χ4n) is 3.73. The van der Waals surface area contributed by atoms with Gasteiger partial charge in [-0.3, -0.25) is 14.5 Å². The van der Waals surface area contributed by atoms with Gasteiger partial charge in [0, 0.05) is 5.56 Å². The van der Waals surface area contributed by atoms with Gasteiger partial charge in [0.15, 0.2) is 5.13 Å². The van der Waals surface area contributed by atoms with Crippen LogP contribution in [0.15, 0.2) is 48.0 Å². The Morgan fingerprint density at radius 3 is 2.46 bits per heavy atom. The normalized spacial score (nSPS) is 17.1. The first-order chi connectivity index (χ1) is 16.7. The summed E-state index contributed by atoms with van der Waals surface area (Å²) < 4.78 is 23.6. The van der Waals surface area contributed by atoms with Gasteiger partial charge in [-0.05, 0) is 42.8 Å². The first-order valence-corrected chi connectivity index (χ1v) is 11.3. The predicted octanol–water partition coefficient (Wildman–Crippen LogP) is 4.67. The number of thiazole rings is 1.